The molecule has 0 aliphatic rings. The van der Waals surface area contributed by atoms with E-state index < -0.39 is 15.1 Å². The van der Waals surface area contributed by atoms with Crippen molar-refractivity contribution < 1.29 is 13.2 Å². The van der Waals surface area contributed by atoms with Gasteiger partial charge in [-0.1, -0.05) is 18.2 Å². The lowest BCUT2D eigenvalue weighted by molar-refractivity contribution is 0.102. The number of nitrogens with one attached hydrogen (secondary N) is 2. The van der Waals surface area contributed by atoms with Crippen LogP contribution in [-0.4, -0.2) is 39.5 Å². The minimum Gasteiger partial charge on any atom is -0.344 e. The molecule has 8 nitrogen and oxygen atoms in total. The quantitative estimate of drug-likeness (QED) is 0.510. The predicted molar refractivity (Wildman–Crippen MR) is 114 cm³/mol. The number of carbonyl (C=O) groups excluding carboxylic acids is 1. The van der Waals surface area contributed by atoms with Crippen LogP contribution in [0.1, 0.15) is 24.2 Å². The molecule has 3 heterocycles. The molecule has 9 heteroatoms. The summed E-state index contributed by atoms with van der Waals surface area (Å²) in [6, 6.07) is 11.7. The number of aromatic nitrogens is 4. The van der Waals surface area contributed by atoms with Crippen LogP contribution in [0, 0.1) is 0 Å². The van der Waals surface area contributed by atoms with Crippen LogP contribution in [0.4, 0.5) is 5.82 Å². The summed E-state index contributed by atoms with van der Waals surface area (Å²) in [7, 11) is -3.35. The number of H-pyrrole nitrogens is 1. The molecule has 0 radical (unpaired) electrons. The predicted octanol–water partition coefficient (Wildman–Crippen LogP) is 3.45. The van der Waals surface area contributed by atoms with Crippen molar-refractivity contribution in [1.29, 1.82) is 0 Å². The van der Waals surface area contributed by atoms with Crippen LogP contribution in [0.25, 0.3) is 22.4 Å². The monoisotopic (exact) mass is 421 g/mol. The zero-order chi connectivity index (χ0) is 21.3. The molecule has 1 aromatic carbocycles. The maximum atomic E-state index is 12.7. The number of anilines is 1. The Morgan fingerprint density at radius 2 is 1.83 bits per heavy atom. The first kappa shape index (κ1) is 19.7. The zero-order valence-electron chi connectivity index (χ0n) is 16.3. The van der Waals surface area contributed by atoms with E-state index in [0.717, 1.165) is 0 Å². The van der Waals surface area contributed by atoms with Gasteiger partial charge in [0.25, 0.3) is 5.91 Å². The number of fused-ring (bicyclic) bond motifs is 1. The largest absolute Gasteiger partial charge is 0.344 e. The Morgan fingerprint density at radius 1 is 1.07 bits per heavy atom. The summed E-state index contributed by atoms with van der Waals surface area (Å²) in [5, 5.41) is 2.23. The van der Waals surface area contributed by atoms with Gasteiger partial charge in [-0.25, -0.2) is 23.4 Å². The summed E-state index contributed by atoms with van der Waals surface area (Å²) in [6.45, 7) is 3.29. The topological polar surface area (TPSA) is 118 Å². The number of hydrogen-bond acceptors (Lipinski definition) is 6. The van der Waals surface area contributed by atoms with Crippen molar-refractivity contribution in [1.82, 2.24) is 19.9 Å². The fourth-order valence-electron chi connectivity index (χ4n) is 2.91. The van der Waals surface area contributed by atoms with Gasteiger partial charge in [-0.05, 0) is 38.1 Å². The summed E-state index contributed by atoms with van der Waals surface area (Å²) >= 11 is 0. The lowest BCUT2D eigenvalue weighted by Crippen LogP contribution is -2.13. The second kappa shape index (κ2) is 7.68. The average molecular weight is 421 g/mol. The first-order valence-corrected chi connectivity index (χ1v) is 10.8. The third-order valence-electron chi connectivity index (χ3n) is 4.63. The third kappa shape index (κ3) is 3.67. The van der Waals surface area contributed by atoms with Crippen molar-refractivity contribution in [2.45, 2.75) is 24.0 Å². The number of rotatable bonds is 5. The van der Waals surface area contributed by atoms with Gasteiger partial charge in [0.05, 0.1) is 27.6 Å². The number of benzene rings is 1. The van der Waals surface area contributed by atoms with E-state index in [1.54, 1.807) is 74.9 Å². The van der Waals surface area contributed by atoms with Crippen molar-refractivity contribution in [3.63, 3.8) is 0 Å². The molecule has 0 saturated heterocycles. The molecule has 2 N–H and O–H groups in total. The Kier molecular flexibility index (Phi) is 5.04. The molecule has 4 aromatic rings. The van der Waals surface area contributed by atoms with Crippen LogP contribution in [0.3, 0.4) is 0 Å². The van der Waals surface area contributed by atoms with Crippen molar-refractivity contribution >= 4 is 32.7 Å². The van der Waals surface area contributed by atoms with Crippen molar-refractivity contribution in [3.05, 3.63) is 66.6 Å². The number of hydrogen-bond donors (Lipinski definition) is 2. The molecule has 3 aromatic heterocycles. The van der Waals surface area contributed by atoms with E-state index >= 15 is 0 Å². The highest BCUT2D eigenvalue weighted by molar-refractivity contribution is 7.92. The van der Waals surface area contributed by atoms with Crippen molar-refractivity contribution in [2.24, 2.45) is 0 Å². The number of nitrogens with zero attached hydrogens (tertiary/aromatic N) is 3. The van der Waals surface area contributed by atoms with Gasteiger partial charge in [0.2, 0.25) is 0 Å². The number of amides is 1. The van der Waals surface area contributed by atoms with Crippen molar-refractivity contribution in [3.8, 4) is 11.3 Å². The highest BCUT2D eigenvalue weighted by atomic mass is 32.2. The molecule has 0 fully saturated rings. The van der Waals surface area contributed by atoms with E-state index in [4.69, 9.17) is 0 Å². The van der Waals surface area contributed by atoms with E-state index in [9.17, 15) is 13.2 Å². The number of sulfone groups is 1. The van der Waals surface area contributed by atoms with Gasteiger partial charge in [-0.15, -0.1) is 0 Å². The highest BCUT2D eigenvalue weighted by Crippen LogP contribution is 2.24. The Labute approximate surface area is 173 Å². The summed E-state index contributed by atoms with van der Waals surface area (Å²) < 4.78 is 24.6. The van der Waals surface area contributed by atoms with E-state index in [1.807, 2.05) is 0 Å². The minimum atomic E-state index is -3.35. The molecule has 0 aliphatic heterocycles. The molecular weight excluding hydrogens is 402 g/mol. The maximum Gasteiger partial charge on any atom is 0.260 e. The summed E-state index contributed by atoms with van der Waals surface area (Å²) in [5.41, 5.74) is 2.46. The van der Waals surface area contributed by atoms with E-state index in [2.05, 4.69) is 25.3 Å². The second-order valence-corrected chi connectivity index (χ2v) is 9.45. The fraction of sp³-hybridized carbons (Fsp3) is 0.143. The summed E-state index contributed by atoms with van der Waals surface area (Å²) in [5.74, 6) is 0.0766. The number of carbonyl (C=O) groups is 1. The fourth-order valence-corrected chi connectivity index (χ4v) is 3.97. The van der Waals surface area contributed by atoms with Gasteiger partial charge in [0, 0.05) is 18.0 Å². The summed E-state index contributed by atoms with van der Waals surface area (Å²) in [4.78, 5) is 28.8. The standard InChI is InChI=1S/C21H19N5O3S/c1-13(2)30(28,29)15-8-6-14(7-9-15)17-12-24-20-19(25-17)16(11-23-20)21(27)26-18-5-3-4-10-22-18/h3-13H,1-2H3,(H,23,24)(H,22,26,27). The lowest BCUT2D eigenvalue weighted by atomic mass is 10.1. The van der Waals surface area contributed by atoms with E-state index in [0.29, 0.717) is 33.8 Å². The zero-order valence-corrected chi connectivity index (χ0v) is 17.1. The van der Waals surface area contributed by atoms with Gasteiger partial charge in [-0.2, -0.15) is 0 Å². The maximum absolute atomic E-state index is 12.7. The van der Waals surface area contributed by atoms with Crippen LogP contribution in [0.2, 0.25) is 0 Å². The molecule has 30 heavy (non-hydrogen) atoms. The third-order valence-corrected chi connectivity index (χ3v) is 6.80. The SMILES string of the molecule is CC(C)S(=O)(=O)c1ccc(-c2cnc3[nH]cc(C(=O)Nc4ccccn4)c3n2)cc1. The van der Waals surface area contributed by atoms with Crippen molar-refractivity contribution in [2.75, 3.05) is 5.32 Å². The van der Waals surface area contributed by atoms with Crippen LogP contribution in [0.15, 0.2) is 66.0 Å². The molecule has 0 saturated carbocycles. The van der Waals surface area contributed by atoms with Gasteiger partial charge in [0.1, 0.15) is 11.3 Å². The molecule has 0 aliphatic carbocycles. The highest BCUT2D eigenvalue weighted by Gasteiger charge is 2.19. The molecule has 1 amide bonds. The Bertz CT molecular complexity index is 1310. The van der Waals surface area contributed by atoms with Crippen LogP contribution in [0.5, 0.6) is 0 Å². The molecule has 0 atom stereocenters. The van der Waals surface area contributed by atoms with Gasteiger partial charge < -0.3 is 10.3 Å². The Morgan fingerprint density at radius 3 is 2.50 bits per heavy atom. The Balaban J connectivity index is 1.67. The van der Waals surface area contributed by atoms with Gasteiger partial charge in [0.15, 0.2) is 15.5 Å². The molecule has 0 unspecified atom stereocenters. The number of aromatic amines is 1. The van der Waals surface area contributed by atoms with E-state index in [1.165, 1.54) is 0 Å². The molecule has 152 valence electrons. The molecule has 0 bridgehead atoms. The first-order valence-electron chi connectivity index (χ1n) is 9.27. The molecule has 4 rings (SSSR count). The van der Waals surface area contributed by atoms with E-state index in [-0.39, 0.29) is 10.8 Å². The molecule has 0 spiro atoms. The van der Waals surface area contributed by atoms with Gasteiger partial charge >= 0.3 is 0 Å². The average Bonchev–Trinajstić information content (AvgIpc) is 3.18. The smallest absolute Gasteiger partial charge is 0.260 e. The van der Waals surface area contributed by atoms with Crippen LogP contribution >= 0.6 is 0 Å². The Hall–Kier alpha value is -3.59. The summed E-state index contributed by atoms with van der Waals surface area (Å²) in [6.07, 6.45) is 4.71. The normalized spacial score (nSPS) is 11.7. The van der Waals surface area contributed by atoms with Gasteiger partial charge in [-0.3, -0.25) is 4.79 Å². The second-order valence-electron chi connectivity index (χ2n) is 6.94. The lowest BCUT2D eigenvalue weighted by Gasteiger charge is -2.08. The number of pyridine rings is 1. The van der Waals surface area contributed by atoms with Crippen LogP contribution < -0.4 is 5.32 Å². The van der Waals surface area contributed by atoms with Crippen LogP contribution in [-0.2, 0) is 9.84 Å². The minimum absolute atomic E-state index is 0.257. The molecular formula is C21H19N5O3S. The first-order chi connectivity index (χ1) is 14.4.